The van der Waals surface area contributed by atoms with E-state index in [1.807, 2.05) is 6.92 Å². The van der Waals surface area contributed by atoms with Crippen LogP contribution in [-0.4, -0.2) is 22.1 Å². The van der Waals surface area contributed by atoms with Crippen molar-refractivity contribution >= 4 is 5.78 Å². The van der Waals surface area contributed by atoms with Crippen LogP contribution < -0.4 is 0 Å². The van der Waals surface area contributed by atoms with Crippen molar-refractivity contribution in [3.63, 3.8) is 0 Å². The van der Waals surface area contributed by atoms with Gasteiger partial charge in [-0.25, -0.2) is 0 Å². The first-order valence-corrected chi connectivity index (χ1v) is 9.05. The van der Waals surface area contributed by atoms with E-state index in [0.717, 1.165) is 37.7 Å². The van der Waals surface area contributed by atoms with Crippen LogP contribution in [0.2, 0.25) is 0 Å². The van der Waals surface area contributed by atoms with Crippen LogP contribution in [0, 0.1) is 11.8 Å². The lowest BCUT2D eigenvalue weighted by molar-refractivity contribution is -0.112. The van der Waals surface area contributed by atoms with E-state index in [-0.39, 0.29) is 23.4 Å². The van der Waals surface area contributed by atoms with E-state index in [1.54, 1.807) is 6.08 Å². The SMILES string of the molecule is C=C(C)C1CCC(C)=C[C@H]1C1=C(O)C(O)C(CCCCC)=CC1=O. The first kappa shape index (κ1) is 18.7. The summed E-state index contributed by atoms with van der Waals surface area (Å²) in [7, 11) is 0. The number of hydrogen-bond acceptors (Lipinski definition) is 3. The molecule has 0 saturated carbocycles. The van der Waals surface area contributed by atoms with Crippen LogP contribution >= 0.6 is 0 Å². The van der Waals surface area contributed by atoms with Crippen LogP contribution in [0.1, 0.15) is 59.3 Å². The van der Waals surface area contributed by atoms with Crippen molar-refractivity contribution in [2.24, 2.45) is 11.8 Å². The average Bonchev–Trinajstić information content (AvgIpc) is 2.52. The van der Waals surface area contributed by atoms with Gasteiger partial charge in [-0.05, 0) is 57.1 Å². The first-order valence-electron chi connectivity index (χ1n) is 9.05. The average molecular weight is 330 g/mol. The number of ketones is 1. The second-order valence-electron chi connectivity index (χ2n) is 7.27. The van der Waals surface area contributed by atoms with Crippen LogP contribution in [0.3, 0.4) is 0 Å². The molecule has 24 heavy (non-hydrogen) atoms. The molecule has 2 unspecified atom stereocenters. The third-order valence-corrected chi connectivity index (χ3v) is 5.25. The lowest BCUT2D eigenvalue weighted by Gasteiger charge is -2.34. The van der Waals surface area contributed by atoms with E-state index in [4.69, 9.17) is 0 Å². The molecule has 0 spiro atoms. The van der Waals surface area contributed by atoms with Gasteiger partial charge < -0.3 is 10.2 Å². The standard InChI is InChI=1S/C21H30O3/c1-5-6-7-8-15-12-18(22)19(21(24)20(15)23)17-11-14(4)9-10-16(17)13(2)3/h11-12,16-17,20,23-24H,2,5-10H2,1,3-4H3/t16?,17-,20?/m1/s1. The van der Waals surface area contributed by atoms with E-state index in [2.05, 4.69) is 26.5 Å². The molecule has 132 valence electrons. The molecule has 0 saturated heterocycles. The van der Waals surface area contributed by atoms with Gasteiger partial charge in [-0.3, -0.25) is 4.79 Å². The second-order valence-corrected chi connectivity index (χ2v) is 7.27. The van der Waals surface area contributed by atoms with Crippen LogP contribution in [0.5, 0.6) is 0 Å². The van der Waals surface area contributed by atoms with Crippen molar-refractivity contribution in [1.82, 2.24) is 0 Å². The molecule has 0 bridgehead atoms. The van der Waals surface area contributed by atoms with Gasteiger partial charge in [0, 0.05) is 11.5 Å². The maximum atomic E-state index is 12.7. The summed E-state index contributed by atoms with van der Waals surface area (Å²) in [4.78, 5) is 12.7. The normalized spacial score (nSPS) is 27.8. The summed E-state index contributed by atoms with van der Waals surface area (Å²) in [5, 5.41) is 21.1. The van der Waals surface area contributed by atoms with Crippen LogP contribution in [0.4, 0.5) is 0 Å². The van der Waals surface area contributed by atoms with Crippen molar-refractivity contribution in [3.8, 4) is 0 Å². The zero-order chi connectivity index (χ0) is 17.9. The molecular formula is C21H30O3. The molecule has 0 fully saturated rings. The van der Waals surface area contributed by atoms with Crippen molar-refractivity contribution in [2.45, 2.75) is 65.4 Å². The highest BCUT2D eigenvalue weighted by Crippen LogP contribution is 2.41. The minimum atomic E-state index is -1.05. The monoisotopic (exact) mass is 330 g/mol. The maximum absolute atomic E-state index is 12.7. The molecule has 0 aromatic rings. The van der Waals surface area contributed by atoms with Gasteiger partial charge >= 0.3 is 0 Å². The number of aliphatic hydroxyl groups excluding tert-OH is 2. The van der Waals surface area contributed by atoms with E-state index in [1.165, 1.54) is 5.57 Å². The topological polar surface area (TPSA) is 57.5 Å². The number of carbonyl (C=O) groups excluding carboxylic acids is 1. The zero-order valence-electron chi connectivity index (χ0n) is 15.1. The maximum Gasteiger partial charge on any atom is 0.185 e. The fourth-order valence-corrected chi connectivity index (χ4v) is 3.80. The van der Waals surface area contributed by atoms with Gasteiger partial charge in [0.2, 0.25) is 0 Å². The Bertz CT molecular complexity index is 607. The highest BCUT2D eigenvalue weighted by Gasteiger charge is 2.37. The number of unbranched alkanes of at least 4 members (excludes halogenated alkanes) is 2. The quantitative estimate of drug-likeness (QED) is 0.543. The summed E-state index contributed by atoms with van der Waals surface area (Å²) >= 11 is 0. The van der Waals surface area contributed by atoms with E-state index in [0.29, 0.717) is 17.6 Å². The molecule has 2 aliphatic rings. The Kier molecular flexibility index (Phi) is 6.22. The van der Waals surface area contributed by atoms with Crippen molar-refractivity contribution < 1.29 is 15.0 Å². The van der Waals surface area contributed by atoms with Gasteiger partial charge in [0.25, 0.3) is 0 Å². The smallest absolute Gasteiger partial charge is 0.185 e. The number of allylic oxidation sites excluding steroid dienone is 5. The van der Waals surface area contributed by atoms with Gasteiger partial charge in [0.05, 0.1) is 0 Å². The van der Waals surface area contributed by atoms with E-state index in [9.17, 15) is 15.0 Å². The fraction of sp³-hybridized carbons (Fsp3) is 0.571. The molecule has 0 radical (unpaired) electrons. The summed E-state index contributed by atoms with van der Waals surface area (Å²) < 4.78 is 0. The Balaban J connectivity index is 2.31. The predicted molar refractivity (Wildman–Crippen MR) is 97.7 cm³/mol. The summed E-state index contributed by atoms with van der Waals surface area (Å²) in [6.45, 7) is 10.2. The fourth-order valence-electron chi connectivity index (χ4n) is 3.80. The summed E-state index contributed by atoms with van der Waals surface area (Å²) in [6, 6.07) is 0. The molecule has 0 aromatic heterocycles. The minimum absolute atomic E-state index is 0.136. The number of hydrogen-bond donors (Lipinski definition) is 2. The molecule has 2 aliphatic carbocycles. The molecule has 0 amide bonds. The molecule has 0 heterocycles. The molecule has 3 heteroatoms. The Morgan fingerprint density at radius 2 is 2.08 bits per heavy atom. The highest BCUT2D eigenvalue weighted by molar-refractivity contribution is 6.07. The first-order chi connectivity index (χ1) is 11.4. The van der Waals surface area contributed by atoms with E-state index >= 15 is 0 Å². The van der Waals surface area contributed by atoms with Gasteiger partial charge in [-0.2, -0.15) is 0 Å². The number of aliphatic hydroxyl groups is 2. The molecule has 2 rings (SSSR count). The van der Waals surface area contributed by atoms with Crippen molar-refractivity contribution in [2.75, 3.05) is 0 Å². The second kappa shape index (κ2) is 7.98. The summed E-state index contributed by atoms with van der Waals surface area (Å²) in [5.41, 5.74) is 3.23. The zero-order valence-corrected chi connectivity index (χ0v) is 15.1. The van der Waals surface area contributed by atoms with Crippen molar-refractivity contribution in [3.05, 3.63) is 46.8 Å². The Morgan fingerprint density at radius 3 is 2.71 bits per heavy atom. The lowest BCUT2D eigenvalue weighted by Crippen LogP contribution is -2.31. The molecule has 3 nitrogen and oxygen atoms in total. The molecule has 0 aliphatic heterocycles. The molecule has 0 aromatic carbocycles. The molecule has 2 N–H and O–H groups in total. The third-order valence-electron chi connectivity index (χ3n) is 5.25. The number of rotatable bonds is 6. The third kappa shape index (κ3) is 3.89. The highest BCUT2D eigenvalue weighted by atomic mass is 16.3. The summed E-state index contributed by atoms with van der Waals surface area (Å²) in [5.74, 6) is -0.369. The lowest BCUT2D eigenvalue weighted by atomic mass is 9.71. The Hall–Kier alpha value is -1.61. The van der Waals surface area contributed by atoms with Crippen LogP contribution in [0.25, 0.3) is 0 Å². The Labute approximate surface area is 145 Å². The van der Waals surface area contributed by atoms with Crippen LogP contribution in [-0.2, 0) is 4.79 Å². The van der Waals surface area contributed by atoms with E-state index < -0.39 is 6.10 Å². The van der Waals surface area contributed by atoms with Crippen LogP contribution in [0.15, 0.2) is 46.8 Å². The molecule has 3 atom stereocenters. The minimum Gasteiger partial charge on any atom is -0.509 e. The molecular weight excluding hydrogens is 300 g/mol. The summed E-state index contributed by atoms with van der Waals surface area (Å²) in [6.07, 6.45) is 8.18. The van der Waals surface area contributed by atoms with Gasteiger partial charge in [-0.1, -0.05) is 43.6 Å². The van der Waals surface area contributed by atoms with Gasteiger partial charge in [-0.15, -0.1) is 0 Å². The van der Waals surface area contributed by atoms with Crippen molar-refractivity contribution in [1.29, 1.82) is 0 Å². The van der Waals surface area contributed by atoms with Gasteiger partial charge in [0.15, 0.2) is 5.78 Å². The predicted octanol–water partition coefficient (Wildman–Crippen LogP) is 4.80. The number of carbonyl (C=O) groups is 1. The Morgan fingerprint density at radius 1 is 1.38 bits per heavy atom. The largest absolute Gasteiger partial charge is 0.509 e. The van der Waals surface area contributed by atoms with Gasteiger partial charge in [0.1, 0.15) is 11.9 Å².